The number of aliphatic imine (C=N–C) groups is 1. The van der Waals surface area contributed by atoms with Crippen LogP contribution in [-0.4, -0.2) is 43.7 Å². The van der Waals surface area contributed by atoms with Gasteiger partial charge in [0.05, 0.1) is 10.4 Å². The zero-order valence-corrected chi connectivity index (χ0v) is 20.6. The lowest BCUT2D eigenvalue weighted by Crippen LogP contribution is -2.12. The SMILES string of the molecule is CCNCc1cncc(-c2cnc3c(c2)C(c2nc4c(-c5ccc(F)s5)nccc4[nH]2)=NCCC3)c1. The molecule has 180 valence electrons. The highest BCUT2D eigenvalue weighted by atomic mass is 32.1. The summed E-state index contributed by atoms with van der Waals surface area (Å²) >= 11 is 1.06. The van der Waals surface area contributed by atoms with E-state index in [2.05, 4.69) is 39.3 Å². The third kappa shape index (κ3) is 4.31. The molecule has 0 radical (unpaired) electrons. The van der Waals surface area contributed by atoms with Crippen LogP contribution in [0.2, 0.25) is 0 Å². The lowest BCUT2D eigenvalue weighted by atomic mass is 10.00. The Kier molecular flexibility index (Phi) is 6.08. The normalized spacial score (nSPS) is 13.4. The molecule has 6 heterocycles. The fourth-order valence-corrected chi connectivity index (χ4v) is 5.19. The van der Waals surface area contributed by atoms with Crippen LogP contribution in [0, 0.1) is 5.13 Å². The molecule has 0 aromatic carbocycles. The number of nitrogens with one attached hydrogen (secondary N) is 2. The molecule has 5 aromatic rings. The molecule has 0 saturated heterocycles. The number of halogens is 1. The van der Waals surface area contributed by atoms with Gasteiger partial charge in [0.25, 0.3) is 0 Å². The molecule has 0 fully saturated rings. The third-order valence-corrected chi connectivity index (χ3v) is 7.09. The highest BCUT2D eigenvalue weighted by Gasteiger charge is 2.21. The van der Waals surface area contributed by atoms with Crippen LogP contribution in [0.1, 0.15) is 36.0 Å². The van der Waals surface area contributed by atoms with Crippen molar-refractivity contribution < 1.29 is 4.39 Å². The van der Waals surface area contributed by atoms with Crippen molar-refractivity contribution in [1.29, 1.82) is 0 Å². The second-order valence-corrected chi connectivity index (χ2v) is 9.69. The van der Waals surface area contributed by atoms with Crippen molar-refractivity contribution >= 4 is 28.1 Å². The summed E-state index contributed by atoms with van der Waals surface area (Å²) in [6.45, 7) is 4.45. The Bertz CT molecular complexity index is 1590. The monoisotopic (exact) mass is 497 g/mol. The number of pyridine rings is 3. The van der Waals surface area contributed by atoms with Crippen molar-refractivity contribution in [3.05, 3.63) is 82.9 Å². The third-order valence-electron chi connectivity index (χ3n) is 6.21. The number of thiophene rings is 1. The molecule has 0 saturated carbocycles. The van der Waals surface area contributed by atoms with Gasteiger partial charge in [-0.25, -0.2) is 4.98 Å². The Morgan fingerprint density at radius 1 is 1.08 bits per heavy atom. The summed E-state index contributed by atoms with van der Waals surface area (Å²) in [7, 11) is 0. The second-order valence-electron chi connectivity index (χ2n) is 8.66. The van der Waals surface area contributed by atoms with Crippen molar-refractivity contribution in [2.45, 2.75) is 26.3 Å². The second kappa shape index (κ2) is 9.67. The maximum atomic E-state index is 13.7. The number of aromatic nitrogens is 5. The molecule has 5 aromatic heterocycles. The van der Waals surface area contributed by atoms with Gasteiger partial charge in [0, 0.05) is 60.3 Å². The van der Waals surface area contributed by atoms with Gasteiger partial charge in [-0.15, -0.1) is 11.3 Å². The van der Waals surface area contributed by atoms with Gasteiger partial charge in [-0.2, -0.15) is 4.39 Å². The number of rotatable bonds is 6. The molecular weight excluding hydrogens is 473 g/mol. The molecule has 0 atom stereocenters. The van der Waals surface area contributed by atoms with Crippen molar-refractivity contribution in [3.8, 4) is 21.7 Å². The largest absolute Gasteiger partial charge is 0.337 e. The molecule has 2 N–H and O–H groups in total. The number of hydrogen-bond donors (Lipinski definition) is 2. The van der Waals surface area contributed by atoms with Gasteiger partial charge in [0.2, 0.25) is 0 Å². The van der Waals surface area contributed by atoms with Gasteiger partial charge in [-0.1, -0.05) is 6.92 Å². The first kappa shape index (κ1) is 22.6. The minimum atomic E-state index is -0.246. The van der Waals surface area contributed by atoms with Gasteiger partial charge >= 0.3 is 0 Å². The Morgan fingerprint density at radius 3 is 2.86 bits per heavy atom. The lowest BCUT2D eigenvalue weighted by Gasteiger charge is -2.11. The number of aromatic amines is 1. The summed E-state index contributed by atoms with van der Waals surface area (Å²) < 4.78 is 13.7. The average molecular weight is 498 g/mol. The van der Waals surface area contributed by atoms with Crippen LogP contribution in [0.25, 0.3) is 32.7 Å². The van der Waals surface area contributed by atoms with E-state index in [1.165, 1.54) is 6.07 Å². The van der Waals surface area contributed by atoms with Gasteiger partial charge in [0.1, 0.15) is 16.9 Å². The van der Waals surface area contributed by atoms with E-state index in [0.29, 0.717) is 23.6 Å². The smallest absolute Gasteiger partial charge is 0.177 e. The van der Waals surface area contributed by atoms with Gasteiger partial charge < -0.3 is 10.3 Å². The summed E-state index contributed by atoms with van der Waals surface area (Å²) in [5.41, 5.74) is 8.09. The summed E-state index contributed by atoms with van der Waals surface area (Å²) in [5, 5.41) is 3.10. The standard InChI is InChI=1S/C27H24FN7S/c1-2-29-12-16-10-17(14-30-13-16)18-11-19-20(33-15-18)4-3-8-31-24(19)27-34-21-7-9-32-26(25(21)35-27)22-5-6-23(28)36-22/h5-7,9-11,13-15,29H,2-4,8,12H2,1H3,(H,34,35). The molecule has 9 heteroatoms. The Balaban J connectivity index is 1.43. The topological polar surface area (TPSA) is 91.7 Å². The Labute approximate surface area is 211 Å². The van der Waals surface area contributed by atoms with Gasteiger partial charge in [-0.3, -0.25) is 19.9 Å². The molecule has 7 nitrogen and oxygen atoms in total. The van der Waals surface area contributed by atoms with Crippen molar-refractivity contribution in [2.24, 2.45) is 4.99 Å². The molecule has 36 heavy (non-hydrogen) atoms. The zero-order chi connectivity index (χ0) is 24.5. The Morgan fingerprint density at radius 2 is 2.00 bits per heavy atom. The Hall–Kier alpha value is -3.82. The van der Waals surface area contributed by atoms with E-state index in [1.54, 1.807) is 12.3 Å². The van der Waals surface area contributed by atoms with Crippen LogP contribution in [0.3, 0.4) is 0 Å². The highest BCUT2D eigenvalue weighted by molar-refractivity contribution is 7.13. The van der Waals surface area contributed by atoms with Crippen LogP contribution in [0.4, 0.5) is 4.39 Å². The van der Waals surface area contributed by atoms with Crippen LogP contribution in [-0.2, 0) is 13.0 Å². The zero-order valence-electron chi connectivity index (χ0n) is 19.8. The first-order valence-corrected chi connectivity index (χ1v) is 12.8. The number of H-pyrrole nitrogens is 1. The maximum Gasteiger partial charge on any atom is 0.177 e. The summed E-state index contributed by atoms with van der Waals surface area (Å²) in [6, 6.07) is 9.36. The van der Waals surface area contributed by atoms with E-state index >= 15 is 0 Å². The summed E-state index contributed by atoms with van der Waals surface area (Å²) in [5.74, 6) is 0.664. The van der Waals surface area contributed by atoms with E-state index < -0.39 is 0 Å². The number of aryl methyl sites for hydroxylation is 1. The molecule has 0 spiro atoms. The van der Waals surface area contributed by atoms with E-state index in [1.807, 2.05) is 24.7 Å². The average Bonchev–Trinajstić information content (AvgIpc) is 3.48. The molecule has 0 bridgehead atoms. The number of nitrogens with zero attached hydrogens (tertiary/aromatic N) is 5. The van der Waals surface area contributed by atoms with Crippen molar-refractivity contribution in [1.82, 2.24) is 30.2 Å². The fourth-order valence-electron chi connectivity index (χ4n) is 4.46. The van der Waals surface area contributed by atoms with E-state index in [4.69, 9.17) is 15.0 Å². The van der Waals surface area contributed by atoms with E-state index in [9.17, 15) is 4.39 Å². The van der Waals surface area contributed by atoms with Gasteiger partial charge in [-0.05, 0) is 55.3 Å². The first-order valence-electron chi connectivity index (χ1n) is 12.0. The minimum Gasteiger partial charge on any atom is -0.337 e. The van der Waals surface area contributed by atoms with Gasteiger partial charge in [0.15, 0.2) is 11.0 Å². The molecule has 1 aliphatic heterocycles. The number of imidazole rings is 1. The number of hydrogen-bond acceptors (Lipinski definition) is 7. The maximum absolute atomic E-state index is 13.7. The van der Waals surface area contributed by atoms with E-state index in [-0.39, 0.29) is 5.13 Å². The fraction of sp³-hybridized carbons (Fsp3) is 0.222. The van der Waals surface area contributed by atoms with E-state index in [0.717, 1.165) is 81.3 Å². The predicted octanol–water partition coefficient (Wildman–Crippen LogP) is 5.18. The molecule has 0 amide bonds. The predicted molar refractivity (Wildman–Crippen MR) is 141 cm³/mol. The van der Waals surface area contributed by atoms with Crippen molar-refractivity contribution in [3.63, 3.8) is 0 Å². The molecule has 6 rings (SSSR count). The van der Waals surface area contributed by atoms with Crippen molar-refractivity contribution in [2.75, 3.05) is 13.1 Å². The summed E-state index contributed by atoms with van der Waals surface area (Å²) in [6.07, 6.45) is 9.16. The minimum absolute atomic E-state index is 0.246. The number of fused-ring (bicyclic) bond motifs is 2. The van der Waals surface area contributed by atoms with Crippen LogP contribution >= 0.6 is 11.3 Å². The molecule has 0 aliphatic carbocycles. The van der Waals surface area contributed by atoms with Crippen LogP contribution in [0.5, 0.6) is 0 Å². The first-order chi connectivity index (χ1) is 17.7. The van der Waals surface area contributed by atoms with Crippen LogP contribution < -0.4 is 5.32 Å². The highest BCUT2D eigenvalue weighted by Crippen LogP contribution is 2.31. The lowest BCUT2D eigenvalue weighted by molar-refractivity contribution is 0.657. The molecule has 0 unspecified atom stereocenters. The molecule has 1 aliphatic rings. The quantitative estimate of drug-likeness (QED) is 0.337. The summed E-state index contributed by atoms with van der Waals surface area (Å²) in [4.78, 5) is 27.7. The van der Waals surface area contributed by atoms with Crippen LogP contribution in [0.15, 0.2) is 60.1 Å². The molecular formula is C27H24FN7S.